The first-order valence-corrected chi connectivity index (χ1v) is 7.41. The lowest BCUT2D eigenvalue weighted by Crippen LogP contribution is -2.28. The van der Waals surface area contributed by atoms with Crippen LogP contribution in [0.5, 0.6) is 0 Å². The lowest BCUT2D eigenvalue weighted by Gasteiger charge is -2.23. The summed E-state index contributed by atoms with van der Waals surface area (Å²) in [6, 6.07) is 1.39. The van der Waals surface area contributed by atoms with E-state index in [9.17, 15) is 0 Å². The molecule has 1 aromatic heterocycles. The fourth-order valence-electron chi connectivity index (χ4n) is 3.47. The summed E-state index contributed by atoms with van der Waals surface area (Å²) in [4.78, 5) is 7.13. The summed E-state index contributed by atoms with van der Waals surface area (Å²) in [5, 5.41) is 3.48. The van der Waals surface area contributed by atoms with Crippen LogP contribution in [0.15, 0.2) is 12.4 Å². The Morgan fingerprint density at radius 3 is 3.17 bits per heavy atom. The van der Waals surface area contributed by atoms with Gasteiger partial charge in [0.15, 0.2) is 0 Å². The maximum Gasteiger partial charge on any atom is 0.203 e. The molecule has 0 amide bonds. The Kier molecular flexibility index (Phi) is 3.55. The van der Waals surface area contributed by atoms with Gasteiger partial charge in [0.1, 0.15) is 0 Å². The lowest BCUT2D eigenvalue weighted by molar-refractivity contribution is 0.291. The van der Waals surface area contributed by atoms with Gasteiger partial charge in [0.05, 0.1) is 6.04 Å². The highest BCUT2D eigenvalue weighted by molar-refractivity contribution is 5.27. The van der Waals surface area contributed by atoms with E-state index in [0.29, 0.717) is 6.04 Å². The Hall–Kier alpha value is -1.03. The van der Waals surface area contributed by atoms with Gasteiger partial charge in [0, 0.05) is 31.5 Å². The van der Waals surface area contributed by atoms with E-state index < -0.39 is 0 Å². The maximum absolute atomic E-state index is 4.48. The summed E-state index contributed by atoms with van der Waals surface area (Å²) in [6.07, 6.45) is 10.5. The molecule has 100 valence electrons. The second-order valence-electron chi connectivity index (χ2n) is 5.54. The number of anilines is 1. The summed E-state index contributed by atoms with van der Waals surface area (Å²) in [5.74, 6) is 1.07. The van der Waals surface area contributed by atoms with E-state index >= 15 is 0 Å². The third kappa shape index (κ3) is 2.14. The topological polar surface area (TPSA) is 33.1 Å². The molecule has 2 saturated heterocycles. The quantitative estimate of drug-likeness (QED) is 0.813. The normalized spacial score (nSPS) is 27.6. The first-order valence-electron chi connectivity index (χ1n) is 7.41. The average molecular weight is 248 g/mol. The van der Waals surface area contributed by atoms with Crippen molar-refractivity contribution in [2.75, 3.05) is 25.0 Å². The summed E-state index contributed by atoms with van der Waals surface area (Å²) in [7, 11) is 0. The van der Waals surface area contributed by atoms with Crippen LogP contribution in [0.3, 0.4) is 0 Å². The van der Waals surface area contributed by atoms with Crippen LogP contribution >= 0.6 is 0 Å². The van der Waals surface area contributed by atoms with Gasteiger partial charge in [0.2, 0.25) is 5.95 Å². The minimum Gasteiger partial charge on any atom is -0.356 e. The van der Waals surface area contributed by atoms with E-state index in [2.05, 4.69) is 32.9 Å². The Balaban J connectivity index is 1.70. The second-order valence-corrected chi connectivity index (χ2v) is 5.54. The fraction of sp³-hybridized carbons (Fsp3) is 0.786. The van der Waals surface area contributed by atoms with Crippen LogP contribution in [0.2, 0.25) is 0 Å². The van der Waals surface area contributed by atoms with Crippen molar-refractivity contribution in [3.8, 4) is 0 Å². The molecule has 0 bridgehead atoms. The summed E-state index contributed by atoms with van der Waals surface area (Å²) >= 11 is 0. The van der Waals surface area contributed by atoms with Gasteiger partial charge in [-0.15, -0.1) is 0 Å². The van der Waals surface area contributed by atoms with E-state index in [4.69, 9.17) is 0 Å². The smallest absolute Gasteiger partial charge is 0.203 e. The molecule has 1 aromatic rings. The zero-order valence-corrected chi connectivity index (χ0v) is 11.3. The first-order chi connectivity index (χ1) is 8.90. The van der Waals surface area contributed by atoms with Crippen LogP contribution < -0.4 is 5.32 Å². The SMILES string of the molecule is CCCCNc1nccn1C1CCN2CCCC12. The molecule has 2 fully saturated rings. The van der Waals surface area contributed by atoms with Gasteiger partial charge in [-0.3, -0.25) is 4.90 Å². The molecule has 0 spiro atoms. The summed E-state index contributed by atoms with van der Waals surface area (Å²) < 4.78 is 2.38. The van der Waals surface area contributed by atoms with E-state index in [-0.39, 0.29) is 0 Å². The third-order valence-electron chi connectivity index (χ3n) is 4.41. The van der Waals surface area contributed by atoms with Gasteiger partial charge < -0.3 is 9.88 Å². The number of nitrogens with zero attached hydrogens (tertiary/aromatic N) is 3. The van der Waals surface area contributed by atoms with Crippen molar-refractivity contribution in [3.63, 3.8) is 0 Å². The average Bonchev–Trinajstić information content (AvgIpc) is 3.03. The van der Waals surface area contributed by atoms with Crippen LogP contribution in [0.1, 0.15) is 45.1 Å². The zero-order valence-electron chi connectivity index (χ0n) is 11.3. The monoisotopic (exact) mass is 248 g/mol. The predicted molar refractivity (Wildman–Crippen MR) is 73.9 cm³/mol. The molecule has 18 heavy (non-hydrogen) atoms. The Morgan fingerprint density at radius 1 is 1.33 bits per heavy atom. The van der Waals surface area contributed by atoms with Gasteiger partial charge in [-0.25, -0.2) is 4.98 Å². The van der Waals surface area contributed by atoms with Gasteiger partial charge in [-0.2, -0.15) is 0 Å². The summed E-state index contributed by atoms with van der Waals surface area (Å²) in [6.45, 7) is 5.83. The molecular weight excluding hydrogens is 224 g/mol. The van der Waals surface area contributed by atoms with E-state index in [1.165, 1.54) is 45.2 Å². The molecular formula is C14H24N4. The molecule has 3 heterocycles. The highest BCUT2D eigenvalue weighted by Crippen LogP contribution is 2.37. The van der Waals surface area contributed by atoms with Crippen molar-refractivity contribution in [2.45, 2.75) is 51.1 Å². The fourth-order valence-corrected chi connectivity index (χ4v) is 3.47. The number of unbranched alkanes of at least 4 members (excludes halogenated alkanes) is 1. The molecule has 2 unspecified atom stereocenters. The molecule has 0 aromatic carbocycles. The van der Waals surface area contributed by atoms with Gasteiger partial charge in [0.25, 0.3) is 0 Å². The minimum absolute atomic E-state index is 0.638. The summed E-state index contributed by atoms with van der Waals surface area (Å²) in [5.41, 5.74) is 0. The van der Waals surface area contributed by atoms with Gasteiger partial charge >= 0.3 is 0 Å². The Morgan fingerprint density at radius 2 is 2.28 bits per heavy atom. The number of nitrogens with one attached hydrogen (secondary N) is 1. The standard InChI is InChI=1S/C14H24N4/c1-2-3-7-15-14-16-8-11-18(14)13-6-10-17-9-4-5-12(13)17/h8,11-13H,2-7,9-10H2,1H3,(H,15,16). The van der Waals surface area contributed by atoms with Crippen molar-refractivity contribution in [1.29, 1.82) is 0 Å². The zero-order chi connectivity index (χ0) is 12.4. The molecule has 3 rings (SSSR count). The largest absolute Gasteiger partial charge is 0.356 e. The van der Waals surface area contributed by atoms with E-state index in [1.54, 1.807) is 0 Å². The Labute approximate surface area is 109 Å². The highest BCUT2D eigenvalue weighted by Gasteiger charge is 2.38. The predicted octanol–water partition coefficient (Wildman–Crippen LogP) is 2.50. The van der Waals surface area contributed by atoms with E-state index in [1.807, 2.05) is 6.20 Å². The highest BCUT2D eigenvalue weighted by atomic mass is 15.3. The molecule has 1 N–H and O–H groups in total. The molecule has 0 aliphatic carbocycles. The van der Waals surface area contributed by atoms with Crippen molar-refractivity contribution >= 4 is 5.95 Å². The van der Waals surface area contributed by atoms with Crippen LogP contribution in [0.25, 0.3) is 0 Å². The van der Waals surface area contributed by atoms with Crippen molar-refractivity contribution in [2.24, 2.45) is 0 Å². The molecule has 2 atom stereocenters. The number of fused-ring (bicyclic) bond motifs is 1. The molecule has 2 aliphatic rings. The van der Waals surface area contributed by atoms with Crippen molar-refractivity contribution in [1.82, 2.24) is 14.5 Å². The second kappa shape index (κ2) is 5.31. The van der Waals surface area contributed by atoms with Crippen LogP contribution in [0.4, 0.5) is 5.95 Å². The van der Waals surface area contributed by atoms with Crippen LogP contribution in [-0.2, 0) is 0 Å². The van der Waals surface area contributed by atoms with Gasteiger partial charge in [-0.1, -0.05) is 13.3 Å². The van der Waals surface area contributed by atoms with Crippen molar-refractivity contribution in [3.05, 3.63) is 12.4 Å². The molecule has 0 radical (unpaired) electrons. The van der Waals surface area contributed by atoms with Crippen LogP contribution in [-0.4, -0.2) is 40.1 Å². The maximum atomic E-state index is 4.48. The minimum atomic E-state index is 0.638. The third-order valence-corrected chi connectivity index (χ3v) is 4.41. The molecule has 2 aliphatic heterocycles. The molecule has 0 saturated carbocycles. The number of hydrogen-bond donors (Lipinski definition) is 1. The van der Waals surface area contributed by atoms with Crippen LogP contribution in [0, 0.1) is 0 Å². The molecule has 4 nitrogen and oxygen atoms in total. The first kappa shape index (κ1) is 12.0. The van der Waals surface area contributed by atoms with Gasteiger partial charge in [-0.05, 0) is 32.2 Å². The molecule has 4 heteroatoms. The Bertz CT molecular complexity index is 387. The number of hydrogen-bond acceptors (Lipinski definition) is 3. The number of aromatic nitrogens is 2. The van der Waals surface area contributed by atoms with E-state index in [0.717, 1.165) is 18.5 Å². The number of rotatable bonds is 5. The lowest BCUT2D eigenvalue weighted by atomic mass is 10.1. The number of imidazole rings is 1. The van der Waals surface area contributed by atoms with Crippen molar-refractivity contribution < 1.29 is 0 Å².